The molecule has 0 aliphatic heterocycles. The van der Waals surface area contributed by atoms with Gasteiger partial charge in [0.1, 0.15) is 6.10 Å². The molecule has 0 heterocycles. The first kappa shape index (κ1) is 13.0. The van der Waals surface area contributed by atoms with Crippen LogP contribution in [0.3, 0.4) is 0 Å². The minimum absolute atomic E-state index is 0.0341. The van der Waals surface area contributed by atoms with Gasteiger partial charge in [0.25, 0.3) is 0 Å². The molecule has 1 aromatic carbocycles. The fourth-order valence-corrected chi connectivity index (χ4v) is 3.33. The number of carbonyl (C=O) groups is 1. The lowest BCUT2D eigenvalue weighted by molar-refractivity contribution is -0.151. The maximum atomic E-state index is 12.1. The van der Waals surface area contributed by atoms with Crippen molar-refractivity contribution in [2.45, 2.75) is 44.6 Å². The average Bonchev–Trinajstić information content (AvgIpc) is 3.19. The summed E-state index contributed by atoms with van der Waals surface area (Å²) in [7, 11) is 0. The standard InChI is InChI=1S/C16H20O2S/c17-15(10-16(11-19)8-9-16)18-14-7-3-5-12-4-1-2-6-13(12)14/h1-2,4,6,14,19H,3,5,7-11H2. The first-order valence-corrected chi connectivity index (χ1v) is 7.74. The van der Waals surface area contributed by atoms with Crippen molar-refractivity contribution in [3.63, 3.8) is 0 Å². The zero-order valence-corrected chi connectivity index (χ0v) is 12.0. The molecular weight excluding hydrogens is 256 g/mol. The highest BCUT2D eigenvalue weighted by Crippen LogP contribution is 2.50. The summed E-state index contributed by atoms with van der Waals surface area (Å²) >= 11 is 4.34. The Bertz CT molecular complexity index is 479. The number of benzene rings is 1. The van der Waals surface area contributed by atoms with Gasteiger partial charge in [-0.15, -0.1) is 0 Å². The van der Waals surface area contributed by atoms with E-state index in [-0.39, 0.29) is 17.5 Å². The van der Waals surface area contributed by atoms with Gasteiger partial charge in [-0.05, 0) is 54.4 Å². The number of esters is 1. The Morgan fingerprint density at radius 3 is 2.89 bits per heavy atom. The minimum Gasteiger partial charge on any atom is -0.457 e. The lowest BCUT2D eigenvalue weighted by Crippen LogP contribution is -2.19. The zero-order valence-electron chi connectivity index (χ0n) is 11.1. The van der Waals surface area contributed by atoms with E-state index in [4.69, 9.17) is 4.74 Å². The van der Waals surface area contributed by atoms with Crippen molar-refractivity contribution < 1.29 is 9.53 Å². The van der Waals surface area contributed by atoms with Crippen LogP contribution in [0.2, 0.25) is 0 Å². The molecule has 1 unspecified atom stereocenters. The molecule has 0 amide bonds. The van der Waals surface area contributed by atoms with Crippen LogP contribution < -0.4 is 0 Å². The highest BCUT2D eigenvalue weighted by molar-refractivity contribution is 7.80. The van der Waals surface area contributed by atoms with Gasteiger partial charge in [-0.25, -0.2) is 0 Å². The first-order chi connectivity index (χ1) is 9.22. The largest absolute Gasteiger partial charge is 0.457 e. The topological polar surface area (TPSA) is 26.3 Å². The fraction of sp³-hybridized carbons (Fsp3) is 0.562. The van der Waals surface area contributed by atoms with Crippen LogP contribution in [-0.2, 0) is 16.0 Å². The molecule has 2 aliphatic rings. The molecule has 0 bridgehead atoms. The van der Waals surface area contributed by atoms with Crippen molar-refractivity contribution in [1.29, 1.82) is 0 Å². The summed E-state index contributed by atoms with van der Waals surface area (Å²) in [5.41, 5.74) is 2.69. The Morgan fingerprint density at radius 2 is 2.16 bits per heavy atom. The van der Waals surface area contributed by atoms with Crippen LogP contribution in [0.4, 0.5) is 0 Å². The van der Waals surface area contributed by atoms with E-state index < -0.39 is 0 Å². The molecule has 102 valence electrons. The van der Waals surface area contributed by atoms with Gasteiger partial charge in [-0.3, -0.25) is 4.79 Å². The molecular formula is C16H20O2S. The molecule has 0 saturated heterocycles. The smallest absolute Gasteiger partial charge is 0.306 e. The third-order valence-corrected chi connectivity index (χ3v) is 5.07. The summed E-state index contributed by atoms with van der Waals surface area (Å²) in [5.74, 6) is 0.747. The summed E-state index contributed by atoms with van der Waals surface area (Å²) in [5, 5.41) is 0. The van der Waals surface area contributed by atoms with E-state index in [9.17, 15) is 4.79 Å². The molecule has 1 saturated carbocycles. The predicted molar refractivity (Wildman–Crippen MR) is 78.4 cm³/mol. The molecule has 1 aromatic rings. The van der Waals surface area contributed by atoms with Crippen LogP contribution in [0, 0.1) is 5.41 Å². The highest BCUT2D eigenvalue weighted by Gasteiger charge is 2.43. The summed E-state index contributed by atoms with van der Waals surface area (Å²) in [6, 6.07) is 8.33. The van der Waals surface area contributed by atoms with Crippen LogP contribution in [0.25, 0.3) is 0 Å². The monoisotopic (exact) mass is 276 g/mol. The van der Waals surface area contributed by atoms with Crippen molar-refractivity contribution in [3.8, 4) is 0 Å². The average molecular weight is 276 g/mol. The van der Waals surface area contributed by atoms with Gasteiger partial charge < -0.3 is 4.74 Å². The van der Waals surface area contributed by atoms with Crippen LogP contribution in [0.1, 0.15) is 49.3 Å². The van der Waals surface area contributed by atoms with E-state index in [0.29, 0.717) is 6.42 Å². The van der Waals surface area contributed by atoms with E-state index >= 15 is 0 Å². The van der Waals surface area contributed by atoms with Gasteiger partial charge >= 0.3 is 5.97 Å². The molecule has 3 rings (SSSR count). The Kier molecular flexibility index (Phi) is 3.57. The van der Waals surface area contributed by atoms with Gasteiger partial charge in [-0.1, -0.05) is 24.3 Å². The molecule has 1 fully saturated rings. The van der Waals surface area contributed by atoms with Crippen molar-refractivity contribution in [3.05, 3.63) is 35.4 Å². The molecule has 2 aliphatic carbocycles. The second kappa shape index (κ2) is 5.20. The Morgan fingerprint density at radius 1 is 1.37 bits per heavy atom. The summed E-state index contributed by atoms with van der Waals surface area (Å²) < 4.78 is 5.72. The lowest BCUT2D eigenvalue weighted by Gasteiger charge is -2.26. The minimum atomic E-state index is -0.0479. The normalized spacial score (nSPS) is 23.5. The number of aryl methyl sites for hydroxylation is 1. The molecule has 19 heavy (non-hydrogen) atoms. The third kappa shape index (κ3) is 2.81. The number of thiol groups is 1. The van der Waals surface area contributed by atoms with Gasteiger partial charge in [0.15, 0.2) is 0 Å². The van der Waals surface area contributed by atoms with Crippen molar-refractivity contribution in [1.82, 2.24) is 0 Å². The maximum Gasteiger partial charge on any atom is 0.306 e. The molecule has 0 N–H and O–H groups in total. The van der Waals surface area contributed by atoms with Gasteiger partial charge in [0.2, 0.25) is 0 Å². The third-order valence-electron chi connectivity index (χ3n) is 4.40. The van der Waals surface area contributed by atoms with E-state index in [1.165, 1.54) is 11.1 Å². The molecule has 2 nitrogen and oxygen atoms in total. The Hall–Kier alpha value is -0.960. The van der Waals surface area contributed by atoms with Crippen LogP contribution >= 0.6 is 12.6 Å². The number of rotatable bonds is 4. The zero-order chi connectivity index (χ0) is 13.3. The predicted octanol–water partition coefficient (Wildman–Crippen LogP) is 3.71. The van der Waals surface area contributed by atoms with E-state index in [0.717, 1.165) is 37.9 Å². The second-order valence-electron chi connectivity index (χ2n) is 5.90. The Balaban J connectivity index is 1.66. The van der Waals surface area contributed by atoms with Crippen LogP contribution in [-0.4, -0.2) is 11.7 Å². The van der Waals surface area contributed by atoms with E-state index in [1.807, 2.05) is 6.07 Å². The molecule has 0 spiro atoms. The summed E-state index contributed by atoms with van der Waals surface area (Å²) in [6.45, 7) is 0. The van der Waals surface area contributed by atoms with Crippen LogP contribution in [0.15, 0.2) is 24.3 Å². The van der Waals surface area contributed by atoms with Gasteiger partial charge in [0.05, 0.1) is 6.42 Å². The quantitative estimate of drug-likeness (QED) is 0.670. The number of hydrogen-bond acceptors (Lipinski definition) is 3. The van der Waals surface area contributed by atoms with Crippen LogP contribution in [0.5, 0.6) is 0 Å². The molecule has 3 heteroatoms. The highest BCUT2D eigenvalue weighted by atomic mass is 32.1. The van der Waals surface area contributed by atoms with Gasteiger partial charge in [0, 0.05) is 0 Å². The van der Waals surface area contributed by atoms with Crippen molar-refractivity contribution >= 4 is 18.6 Å². The van der Waals surface area contributed by atoms with E-state index in [2.05, 4.69) is 30.8 Å². The van der Waals surface area contributed by atoms with Crippen molar-refractivity contribution in [2.75, 3.05) is 5.75 Å². The number of carbonyl (C=O) groups excluding carboxylic acids is 1. The Labute approximate surface area is 119 Å². The van der Waals surface area contributed by atoms with Gasteiger partial charge in [-0.2, -0.15) is 12.6 Å². The number of ether oxygens (including phenoxy) is 1. The second-order valence-corrected chi connectivity index (χ2v) is 6.22. The first-order valence-electron chi connectivity index (χ1n) is 7.11. The number of hydrogen-bond donors (Lipinski definition) is 1. The summed E-state index contributed by atoms with van der Waals surface area (Å²) in [6.07, 6.45) is 5.90. The molecule has 1 atom stereocenters. The maximum absolute atomic E-state index is 12.1. The lowest BCUT2D eigenvalue weighted by atomic mass is 9.89. The fourth-order valence-electron chi connectivity index (χ4n) is 2.91. The van der Waals surface area contributed by atoms with E-state index in [1.54, 1.807) is 0 Å². The molecule has 0 radical (unpaired) electrons. The SMILES string of the molecule is O=C(CC1(CS)CC1)OC1CCCc2ccccc21. The molecule has 0 aromatic heterocycles. The summed E-state index contributed by atoms with van der Waals surface area (Å²) in [4.78, 5) is 12.1. The van der Waals surface area contributed by atoms with Crippen molar-refractivity contribution in [2.24, 2.45) is 5.41 Å². The number of fused-ring (bicyclic) bond motifs is 1.